The number of hydrogen-bond donors (Lipinski definition) is 3. The molecule has 9 nitrogen and oxygen atoms in total. The molecule has 3 N–H and O–H groups in total. The molecule has 0 unspecified atom stereocenters. The van der Waals surface area contributed by atoms with E-state index in [0.29, 0.717) is 18.5 Å². The van der Waals surface area contributed by atoms with Gasteiger partial charge in [-0.15, -0.1) is 5.10 Å². The number of carbonyl (C=O) groups is 3. The van der Waals surface area contributed by atoms with Gasteiger partial charge in [0.1, 0.15) is 18.3 Å². The normalized spacial score (nSPS) is 18.1. The van der Waals surface area contributed by atoms with Crippen LogP contribution in [-0.4, -0.2) is 43.9 Å². The minimum Gasteiger partial charge on any atom is -0.480 e. The molecule has 0 spiro atoms. The molecule has 1 saturated heterocycles. The van der Waals surface area contributed by atoms with Crippen molar-refractivity contribution < 1.29 is 19.5 Å². The number of hydrogen-bond acceptors (Lipinski definition) is 5. The van der Waals surface area contributed by atoms with Gasteiger partial charge in [-0.2, -0.15) is 0 Å². The molecule has 0 saturated carbocycles. The summed E-state index contributed by atoms with van der Waals surface area (Å²) in [6.07, 6.45) is 2.28. The van der Waals surface area contributed by atoms with E-state index < -0.39 is 12.0 Å². The predicted molar refractivity (Wildman–Crippen MR) is 60.7 cm³/mol. The summed E-state index contributed by atoms with van der Waals surface area (Å²) in [6, 6.07) is -0.499. The number of nitrogens with zero attached hydrogens (tertiary/aromatic N) is 3. The van der Waals surface area contributed by atoms with Crippen molar-refractivity contribution in [3.05, 3.63) is 11.9 Å². The van der Waals surface area contributed by atoms with Gasteiger partial charge in [-0.1, -0.05) is 5.21 Å². The summed E-state index contributed by atoms with van der Waals surface area (Å²) in [5.41, 5.74) is 0.457. The summed E-state index contributed by atoms with van der Waals surface area (Å²) in [5.74, 6) is -1.43. The summed E-state index contributed by atoms with van der Waals surface area (Å²) in [4.78, 5) is 33.1. The maximum Gasteiger partial charge on any atom is 0.325 e. The molecule has 2 amide bonds. The Kier molecular flexibility index (Phi) is 3.74. The number of nitrogens with one attached hydrogen (secondary N) is 2. The average Bonchev–Trinajstić information content (AvgIpc) is 2.94. The molecular formula is C10H13N5O4. The van der Waals surface area contributed by atoms with Crippen molar-refractivity contribution in [2.45, 2.75) is 32.0 Å². The second-order valence-electron chi connectivity index (χ2n) is 4.18. The Morgan fingerprint density at radius 2 is 2.37 bits per heavy atom. The first-order chi connectivity index (χ1) is 9.04. The Balaban J connectivity index is 1.81. The Hall–Kier alpha value is -2.45. The number of aliphatic carboxylic acids is 1. The van der Waals surface area contributed by atoms with Crippen molar-refractivity contribution in [1.82, 2.24) is 25.6 Å². The van der Waals surface area contributed by atoms with Gasteiger partial charge in [0.15, 0.2) is 0 Å². The van der Waals surface area contributed by atoms with Crippen LogP contribution in [-0.2, 0) is 27.5 Å². The fourth-order valence-electron chi connectivity index (χ4n) is 1.75. The minimum absolute atomic E-state index is 0.132. The molecule has 0 aromatic carbocycles. The van der Waals surface area contributed by atoms with Crippen LogP contribution in [0.4, 0.5) is 0 Å². The topological polar surface area (TPSA) is 126 Å². The molecule has 19 heavy (non-hydrogen) atoms. The summed E-state index contributed by atoms with van der Waals surface area (Å²) >= 11 is 0. The molecule has 1 aromatic rings. The second kappa shape index (κ2) is 5.46. The molecule has 2 rings (SSSR count). The van der Waals surface area contributed by atoms with Gasteiger partial charge in [0.05, 0.1) is 12.7 Å². The molecule has 2 heterocycles. The van der Waals surface area contributed by atoms with Crippen LogP contribution in [0.25, 0.3) is 0 Å². The molecule has 1 aromatic heterocycles. The Morgan fingerprint density at radius 1 is 1.58 bits per heavy atom. The SMILES string of the molecule is O=C(O)Cn1cc(CNC(=O)[C@H]2CCC(=O)N2)nn1. The summed E-state index contributed by atoms with van der Waals surface area (Å²) < 4.78 is 1.17. The summed E-state index contributed by atoms with van der Waals surface area (Å²) in [6.45, 7) is -0.134. The first-order valence-electron chi connectivity index (χ1n) is 5.72. The van der Waals surface area contributed by atoms with Crippen LogP contribution in [0.3, 0.4) is 0 Å². The molecule has 0 aliphatic carbocycles. The zero-order chi connectivity index (χ0) is 13.8. The summed E-state index contributed by atoms with van der Waals surface area (Å²) in [7, 11) is 0. The molecule has 0 radical (unpaired) electrons. The highest BCUT2D eigenvalue weighted by Gasteiger charge is 2.26. The zero-order valence-electron chi connectivity index (χ0n) is 10.00. The second-order valence-corrected chi connectivity index (χ2v) is 4.18. The lowest BCUT2D eigenvalue weighted by Gasteiger charge is -2.09. The lowest BCUT2D eigenvalue weighted by Crippen LogP contribution is -2.41. The number of rotatable bonds is 5. The van der Waals surface area contributed by atoms with Crippen LogP contribution in [0.15, 0.2) is 6.20 Å². The lowest BCUT2D eigenvalue weighted by molar-refractivity contribution is -0.138. The van der Waals surface area contributed by atoms with E-state index >= 15 is 0 Å². The van der Waals surface area contributed by atoms with E-state index in [4.69, 9.17) is 5.11 Å². The van der Waals surface area contributed by atoms with Crippen molar-refractivity contribution in [3.8, 4) is 0 Å². The van der Waals surface area contributed by atoms with Crippen molar-refractivity contribution in [2.75, 3.05) is 0 Å². The van der Waals surface area contributed by atoms with E-state index in [2.05, 4.69) is 20.9 Å². The molecule has 102 valence electrons. The van der Waals surface area contributed by atoms with Crippen LogP contribution < -0.4 is 10.6 Å². The maximum atomic E-state index is 11.7. The van der Waals surface area contributed by atoms with E-state index in [0.717, 1.165) is 0 Å². The standard InChI is InChI=1S/C10H13N5O4/c16-8-2-1-7(12-8)10(19)11-3-6-4-15(14-13-6)5-9(17)18/h4,7H,1-3,5H2,(H,11,19)(H,12,16)(H,17,18)/t7-/m1/s1. The quantitative estimate of drug-likeness (QED) is 0.581. The van der Waals surface area contributed by atoms with E-state index in [1.54, 1.807) is 0 Å². The fourth-order valence-corrected chi connectivity index (χ4v) is 1.75. The van der Waals surface area contributed by atoms with Crippen molar-refractivity contribution in [1.29, 1.82) is 0 Å². The number of amides is 2. The third kappa shape index (κ3) is 3.50. The molecular weight excluding hydrogens is 254 g/mol. The van der Waals surface area contributed by atoms with E-state index in [9.17, 15) is 14.4 Å². The van der Waals surface area contributed by atoms with Gasteiger partial charge in [-0.25, -0.2) is 4.68 Å². The number of carbonyl (C=O) groups excluding carboxylic acids is 2. The number of aromatic nitrogens is 3. The van der Waals surface area contributed by atoms with Gasteiger partial charge in [0, 0.05) is 6.42 Å². The van der Waals surface area contributed by atoms with Crippen LogP contribution in [0.1, 0.15) is 18.5 Å². The highest BCUT2D eigenvalue weighted by Crippen LogP contribution is 2.06. The van der Waals surface area contributed by atoms with Crippen LogP contribution in [0, 0.1) is 0 Å². The van der Waals surface area contributed by atoms with Gasteiger partial charge in [0.25, 0.3) is 0 Å². The first kappa shape index (κ1) is 13.0. The van der Waals surface area contributed by atoms with Crippen LogP contribution in [0.2, 0.25) is 0 Å². The summed E-state index contributed by atoms with van der Waals surface area (Å²) in [5, 5.41) is 21.1. The number of carboxylic acid groups (broad SMARTS) is 1. The zero-order valence-corrected chi connectivity index (χ0v) is 10.00. The lowest BCUT2D eigenvalue weighted by atomic mass is 10.2. The highest BCUT2D eigenvalue weighted by atomic mass is 16.4. The third-order valence-corrected chi connectivity index (χ3v) is 2.64. The van der Waals surface area contributed by atoms with Crippen molar-refractivity contribution >= 4 is 17.8 Å². The van der Waals surface area contributed by atoms with E-state index in [1.807, 2.05) is 0 Å². The van der Waals surface area contributed by atoms with Gasteiger partial charge in [-0.05, 0) is 6.42 Å². The molecule has 9 heteroatoms. The molecule has 1 fully saturated rings. The van der Waals surface area contributed by atoms with Crippen molar-refractivity contribution in [2.24, 2.45) is 0 Å². The monoisotopic (exact) mass is 267 g/mol. The molecule has 0 bridgehead atoms. The van der Waals surface area contributed by atoms with Gasteiger partial charge < -0.3 is 15.7 Å². The number of carboxylic acids is 1. The smallest absolute Gasteiger partial charge is 0.325 e. The van der Waals surface area contributed by atoms with Crippen molar-refractivity contribution in [3.63, 3.8) is 0 Å². The Bertz CT molecular complexity index is 512. The Labute approximate surface area is 108 Å². The van der Waals surface area contributed by atoms with E-state index in [1.165, 1.54) is 10.9 Å². The first-order valence-corrected chi connectivity index (χ1v) is 5.72. The fraction of sp³-hybridized carbons (Fsp3) is 0.500. The predicted octanol–water partition coefficient (Wildman–Crippen LogP) is -1.74. The van der Waals surface area contributed by atoms with Crippen LogP contribution >= 0.6 is 0 Å². The van der Waals surface area contributed by atoms with Gasteiger partial charge >= 0.3 is 5.97 Å². The Morgan fingerprint density at radius 3 is 3.00 bits per heavy atom. The average molecular weight is 267 g/mol. The third-order valence-electron chi connectivity index (χ3n) is 2.64. The molecule has 1 atom stereocenters. The van der Waals surface area contributed by atoms with Gasteiger partial charge in [0.2, 0.25) is 11.8 Å². The molecule has 1 aliphatic rings. The van der Waals surface area contributed by atoms with Crippen LogP contribution in [0.5, 0.6) is 0 Å². The largest absolute Gasteiger partial charge is 0.480 e. The van der Waals surface area contributed by atoms with Gasteiger partial charge in [-0.3, -0.25) is 14.4 Å². The van der Waals surface area contributed by atoms with E-state index in [-0.39, 0.29) is 24.9 Å². The molecule has 1 aliphatic heterocycles. The minimum atomic E-state index is -1.02. The maximum absolute atomic E-state index is 11.7. The highest BCUT2D eigenvalue weighted by molar-refractivity contribution is 5.90.